The van der Waals surface area contributed by atoms with Gasteiger partial charge in [-0.1, -0.05) is 18.2 Å². The fourth-order valence-electron chi connectivity index (χ4n) is 1.25. The Hall–Kier alpha value is -2.37. The lowest BCUT2D eigenvalue weighted by Crippen LogP contribution is -2.09. The molecular weight excluding hydrogens is 276 g/mol. The maximum Gasteiger partial charge on any atom is 0.335 e. The Labute approximate surface area is 123 Å². The molecule has 1 N–H and O–H groups in total. The summed E-state index contributed by atoms with van der Waals surface area (Å²) in [6.07, 6.45) is 0.208. The van der Waals surface area contributed by atoms with E-state index in [0.717, 1.165) is 0 Å². The molecule has 0 aliphatic heterocycles. The van der Waals surface area contributed by atoms with Gasteiger partial charge in [-0.15, -0.1) is 0 Å². The van der Waals surface area contributed by atoms with E-state index < -0.39 is 5.97 Å². The van der Waals surface area contributed by atoms with Crippen LogP contribution in [0.25, 0.3) is 0 Å². The van der Waals surface area contributed by atoms with Crippen molar-refractivity contribution in [1.82, 2.24) is 0 Å². The van der Waals surface area contributed by atoms with Gasteiger partial charge in [-0.3, -0.25) is 9.59 Å². The van der Waals surface area contributed by atoms with Crippen LogP contribution in [0.2, 0.25) is 0 Å². The number of carboxylic acid groups (broad SMARTS) is 1. The Morgan fingerprint density at radius 3 is 1.62 bits per heavy atom. The van der Waals surface area contributed by atoms with Crippen molar-refractivity contribution < 1.29 is 29.0 Å². The SMILES string of the molecule is CCOC(=O)CCC(=O)OCC.O=C(O)c1ccccc1. The van der Waals surface area contributed by atoms with E-state index >= 15 is 0 Å². The molecule has 0 radical (unpaired) electrons. The normalized spacial score (nSPS) is 9.05. The van der Waals surface area contributed by atoms with Gasteiger partial charge in [0.05, 0.1) is 31.6 Å². The van der Waals surface area contributed by atoms with E-state index in [-0.39, 0.29) is 24.8 Å². The van der Waals surface area contributed by atoms with Crippen LogP contribution in [0.1, 0.15) is 37.0 Å². The highest BCUT2D eigenvalue weighted by Crippen LogP contribution is 1.96. The molecule has 6 heteroatoms. The lowest BCUT2D eigenvalue weighted by molar-refractivity contribution is -0.149. The van der Waals surface area contributed by atoms with Crippen molar-refractivity contribution in [2.24, 2.45) is 0 Å². The summed E-state index contributed by atoms with van der Waals surface area (Å²) in [5.41, 5.74) is 0.331. The highest BCUT2D eigenvalue weighted by atomic mass is 16.5. The van der Waals surface area contributed by atoms with Gasteiger partial charge in [-0.25, -0.2) is 4.79 Å². The minimum absolute atomic E-state index is 0.104. The standard InChI is InChI=1S/C8H14O4.C7H6O2/c1-3-11-7(9)5-6-8(10)12-4-2;8-7(9)6-4-2-1-3-5-6/h3-6H2,1-2H3;1-5H,(H,8,9). The summed E-state index contributed by atoms with van der Waals surface area (Å²) in [5.74, 6) is -1.59. The van der Waals surface area contributed by atoms with Crippen molar-refractivity contribution >= 4 is 17.9 Å². The second kappa shape index (κ2) is 11.5. The fourth-order valence-corrected chi connectivity index (χ4v) is 1.25. The van der Waals surface area contributed by atoms with Crippen LogP contribution >= 0.6 is 0 Å². The number of rotatable bonds is 6. The lowest BCUT2D eigenvalue weighted by atomic mass is 10.2. The van der Waals surface area contributed by atoms with E-state index in [2.05, 4.69) is 9.47 Å². The summed E-state index contributed by atoms with van der Waals surface area (Å²) in [6.45, 7) is 4.15. The molecule has 0 spiro atoms. The van der Waals surface area contributed by atoms with Crippen LogP contribution in [-0.4, -0.2) is 36.2 Å². The Morgan fingerprint density at radius 1 is 0.905 bits per heavy atom. The molecule has 21 heavy (non-hydrogen) atoms. The van der Waals surface area contributed by atoms with Crippen molar-refractivity contribution in [2.75, 3.05) is 13.2 Å². The highest BCUT2D eigenvalue weighted by molar-refractivity contribution is 5.87. The molecule has 0 atom stereocenters. The van der Waals surface area contributed by atoms with E-state index in [9.17, 15) is 14.4 Å². The van der Waals surface area contributed by atoms with Crippen molar-refractivity contribution in [3.63, 3.8) is 0 Å². The fraction of sp³-hybridized carbons (Fsp3) is 0.400. The van der Waals surface area contributed by atoms with E-state index in [1.54, 1.807) is 44.2 Å². The van der Waals surface area contributed by atoms with Crippen LogP contribution in [0.5, 0.6) is 0 Å². The number of carboxylic acids is 1. The van der Waals surface area contributed by atoms with Crippen LogP contribution in [0.15, 0.2) is 30.3 Å². The van der Waals surface area contributed by atoms with Crippen molar-refractivity contribution in [3.05, 3.63) is 35.9 Å². The maximum atomic E-state index is 10.7. The average Bonchev–Trinajstić information content (AvgIpc) is 2.47. The molecule has 0 saturated carbocycles. The van der Waals surface area contributed by atoms with Crippen LogP contribution in [0.3, 0.4) is 0 Å². The molecule has 116 valence electrons. The third kappa shape index (κ3) is 10.1. The monoisotopic (exact) mass is 296 g/mol. The van der Waals surface area contributed by atoms with Crippen molar-refractivity contribution in [2.45, 2.75) is 26.7 Å². The van der Waals surface area contributed by atoms with E-state index in [4.69, 9.17) is 5.11 Å². The first-order valence-electron chi connectivity index (χ1n) is 6.60. The molecule has 0 bridgehead atoms. The van der Waals surface area contributed by atoms with E-state index in [0.29, 0.717) is 18.8 Å². The summed E-state index contributed by atoms with van der Waals surface area (Å²) >= 11 is 0. The van der Waals surface area contributed by atoms with Gasteiger partial charge >= 0.3 is 17.9 Å². The maximum absolute atomic E-state index is 10.7. The second-order valence-electron chi connectivity index (χ2n) is 3.78. The average molecular weight is 296 g/mol. The number of carbonyl (C=O) groups excluding carboxylic acids is 2. The third-order valence-electron chi connectivity index (χ3n) is 2.16. The summed E-state index contributed by atoms with van der Waals surface area (Å²) in [4.78, 5) is 31.6. The zero-order chi connectivity index (χ0) is 16.1. The highest BCUT2D eigenvalue weighted by Gasteiger charge is 2.07. The topological polar surface area (TPSA) is 89.9 Å². The summed E-state index contributed by atoms with van der Waals surface area (Å²) < 4.78 is 9.25. The molecule has 6 nitrogen and oxygen atoms in total. The first kappa shape index (κ1) is 18.6. The molecule has 0 amide bonds. The quantitative estimate of drug-likeness (QED) is 0.810. The molecule has 0 aliphatic carbocycles. The molecular formula is C15H20O6. The molecule has 0 aromatic heterocycles. The first-order chi connectivity index (χ1) is 10.0. The van der Waals surface area contributed by atoms with Gasteiger partial charge in [0.15, 0.2) is 0 Å². The number of ether oxygens (including phenoxy) is 2. The summed E-state index contributed by atoms with van der Waals surface area (Å²) in [6, 6.07) is 8.30. The van der Waals surface area contributed by atoms with Gasteiger partial charge in [-0.2, -0.15) is 0 Å². The summed E-state index contributed by atoms with van der Waals surface area (Å²) in [5, 5.41) is 8.38. The molecule has 0 unspecified atom stereocenters. The molecule has 0 heterocycles. The third-order valence-corrected chi connectivity index (χ3v) is 2.16. The van der Waals surface area contributed by atoms with Gasteiger partial charge < -0.3 is 14.6 Å². The molecule has 0 saturated heterocycles. The van der Waals surface area contributed by atoms with Gasteiger partial charge in [0, 0.05) is 0 Å². The van der Waals surface area contributed by atoms with Crippen LogP contribution in [0, 0.1) is 0 Å². The van der Waals surface area contributed by atoms with Gasteiger partial charge in [0.2, 0.25) is 0 Å². The predicted octanol–water partition coefficient (Wildman–Crippen LogP) is 2.28. The number of benzene rings is 1. The molecule has 1 aromatic rings. The number of carbonyl (C=O) groups is 3. The number of esters is 2. The van der Waals surface area contributed by atoms with Crippen molar-refractivity contribution in [3.8, 4) is 0 Å². The van der Waals surface area contributed by atoms with Gasteiger partial charge in [0.1, 0.15) is 0 Å². The number of hydrogen-bond acceptors (Lipinski definition) is 5. The minimum atomic E-state index is -0.879. The Balaban J connectivity index is 0.000000394. The van der Waals surface area contributed by atoms with Crippen molar-refractivity contribution in [1.29, 1.82) is 0 Å². The molecule has 1 aromatic carbocycles. The Bertz CT molecular complexity index is 423. The first-order valence-corrected chi connectivity index (χ1v) is 6.60. The van der Waals surface area contributed by atoms with Gasteiger partial charge in [0.25, 0.3) is 0 Å². The smallest absolute Gasteiger partial charge is 0.335 e. The minimum Gasteiger partial charge on any atom is -0.478 e. The second-order valence-corrected chi connectivity index (χ2v) is 3.78. The molecule has 0 aliphatic rings. The Kier molecular flexibility index (Phi) is 10.2. The molecule has 1 rings (SSSR count). The number of aromatic carboxylic acids is 1. The summed E-state index contributed by atoms with van der Waals surface area (Å²) in [7, 11) is 0. The predicted molar refractivity (Wildman–Crippen MR) is 75.9 cm³/mol. The van der Waals surface area contributed by atoms with Crippen LogP contribution in [0.4, 0.5) is 0 Å². The zero-order valence-corrected chi connectivity index (χ0v) is 12.2. The van der Waals surface area contributed by atoms with Crippen LogP contribution < -0.4 is 0 Å². The van der Waals surface area contributed by atoms with E-state index in [1.165, 1.54) is 0 Å². The van der Waals surface area contributed by atoms with Crippen LogP contribution in [-0.2, 0) is 19.1 Å². The largest absolute Gasteiger partial charge is 0.478 e. The number of hydrogen-bond donors (Lipinski definition) is 1. The lowest BCUT2D eigenvalue weighted by Gasteiger charge is -2.01. The Morgan fingerprint density at radius 2 is 1.33 bits per heavy atom. The molecule has 0 fully saturated rings. The van der Waals surface area contributed by atoms with Gasteiger partial charge in [-0.05, 0) is 26.0 Å². The zero-order valence-electron chi connectivity index (χ0n) is 12.2. The van der Waals surface area contributed by atoms with E-state index in [1.807, 2.05) is 0 Å².